The van der Waals surface area contributed by atoms with E-state index in [4.69, 9.17) is 4.74 Å². The maximum atomic E-state index is 14.6. The van der Waals surface area contributed by atoms with Crippen molar-refractivity contribution in [1.82, 2.24) is 25.3 Å². The molecular weight excluding hydrogens is 461 g/mol. The molecule has 1 aromatic carbocycles. The van der Waals surface area contributed by atoms with E-state index in [1.165, 1.54) is 31.7 Å². The highest BCUT2D eigenvalue weighted by atomic mass is 19.1. The van der Waals surface area contributed by atoms with Crippen LogP contribution in [0.2, 0.25) is 0 Å². The van der Waals surface area contributed by atoms with E-state index in [2.05, 4.69) is 41.5 Å². The van der Waals surface area contributed by atoms with Crippen LogP contribution in [-0.2, 0) is 11.2 Å². The van der Waals surface area contributed by atoms with Gasteiger partial charge < -0.3 is 20.3 Å². The van der Waals surface area contributed by atoms with Crippen LogP contribution in [0.5, 0.6) is 0 Å². The summed E-state index contributed by atoms with van der Waals surface area (Å²) in [6.45, 7) is 3.61. The molecule has 0 radical (unpaired) electrons. The molecule has 0 unspecified atom stereocenters. The third-order valence-corrected chi connectivity index (χ3v) is 6.16. The summed E-state index contributed by atoms with van der Waals surface area (Å²) >= 11 is 0. The van der Waals surface area contributed by atoms with Crippen LogP contribution in [0.3, 0.4) is 0 Å². The molecule has 1 aliphatic rings. The van der Waals surface area contributed by atoms with Crippen LogP contribution in [0, 0.1) is 5.82 Å². The van der Waals surface area contributed by atoms with Gasteiger partial charge in [0.25, 0.3) is 5.91 Å². The molecule has 1 aliphatic heterocycles. The number of amides is 1. The number of carbonyl (C=O) groups excluding carboxylic acids is 1. The van der Waals surface area contributed by atoms with E-state index in [1.54, 1.807) is 12.3 Å². The first-order valence-corrected chi connectivity index (χ1v) is 11.8. The normalized spacial score (nSPS) is 13.6. The van der Waals surface area contributed by atoms with Crippen molar-refractivity contribution in [3.05, 3.63) is 72.2 Å². The van der Waals surface area contributed by atoms with E-state index >= 15 is 0 Å². The number of halogens is 1. The van der Waals surface area contributed by atoms with Gasteiger partial charge in [-0.25, -0.2) is 14.4 Å². The Labute approximate surface area is 207 Å². The summed E-state index contributed by atoms with van der Waals surface area (Å²) in [5, 5.41) is 6.09. The van der Waals surface area contributed by atoms with Gasteiger partial charge in [0.1, 0.15) is 18.0 Å². The maximum Gasteiger partial charge on any atom is 0.251 e. The van der Waals surface area contributed by atoms with Gasteiger partial charge in [0, 0.05) is 56.1 Å². The van der Waals surface area contributed by atoms with Crippen LogP contribution < -0.4 is 15.5 Å². The lowest BCUT2D eigenvalue weighted by Crippen LogP contribution is -2.36. The van der Waals surface area contributed by atoms with Crippen molar-refractivity contribution in [3.8, 4) is 11.3 Å². The average molecular weight is 488 g/mol. The number of morpholine rings is 1. The van der Waals surface area contributed by atoms with Gasteiger partial charge in [0.05, 0.1) is 41.9 Å². The molecule has 4 aromatic rings. The second kappa shape index (κ2) is 10.6. The molecule has 184 valence electrons. The molecule has 0 aliphatic carbocycles. The van der Waals surface area contributed by atoms with Crippen molar-refractivity contribution in [2.75, 3.05) is 50.1 Å². The second-order valence-electron chi connectivity index (χ2n) is 8.36. The average Bonchev–Trinajstić information content (AvgIpc) is 2.94. The molecule has 0 spiro atoms. The zero-order chi connectivity index (χ0) is 24.9. The molecule has 0 saturated carbocycles. The Bertz CT molecular complexity index is 1390. The summed E-state index contributed by atoms with van der Waals surface area (Å²) in [6, 6.07) is 8.56. The molecular formula is C26H26FN7O2. The van der Waals surface area contributed by atoms with Crippen molar-refractivity contribution in [2.24, 2.45) is 0 Å². The summed E-state index contributed by atoms with van der Waals surface area (Å²) < 4.78 is 20.0. The van der Waals surface area contributed by atoms with Gasteiger partial charge >= 0.3 is 0 Å². The first kappa shape index (κ1) is 23.6. The molecule has 1 amide bonds. The number of benzene rings is 1. The highest BCUT2D eigenvalue weighted by molar-refractivity contribution is 6.06. The van der Waals surface area contributed by atoms with Crippen LogP contribution in [0.25, 0.3) is 22.2 Å². The number of ether oxygens (including phenoxy) is 1. The van der Waals surface area contributed by atoms with Crippen LogP contribution in [0.4, 0.5) is 15.9 Å². The van der Waals surface area contributed by atoms with Gasteiger partial charge in [-0.15, -0.1) is 0 Å². The zero-order valence-corrected chi connectivity index (χ0v) is 19.9. The van der Waals surface area contributed by atoms with Gasteiger partial charge in [-0.1, -0.05) is 6.07 Å². The van der Waals surface area contributed by atoms with Gasteiger partial charge in [-0.2, -0.15) is 0 Å². The van der Waals surface area contributed by atoms with Crippen molar-refractivity contribution in [2.45, 2.75) is 6.42 Å². The first-order valence-electron chi connectivity index (χ1n) is 11.8. The van der Waals surface area contributed by atoms with Crippen LogP contribution in [-0.4, -0.2) is 65.7 Å². The Morgan fingerprint density at radius 3 is 2.81 bits per heavy atom. The smallest absolute Gasteiger partial charge is 0.251 e. The minimum absolute atomic E-state index is 0.228. The minimum Gasteiger partial charge on any atom is -0.378 e. The number of pyridine rings is 2. The highest BCUT2D eigenvalue weighted by Crippen LogP contribution is 2.26. The summed E-state index contributed by atoms with van der Waals surface area (Å²) in [5.41, 5.74) is 4.28. The van der Waals surface area contributed by atoms with E-state index in [-0.39, 0.29) is 16.9 Å². The van der Waals surface area contributed by atoms with E-state index < -0.39 is 5.82 Å². The van der Waals surface area contributed by atoms with Crippen LogP contribution in [0.15, 0.2) is 55.2 Å². The fourth-order valence-corrected chi connectivity index (χ4v) is 4.31. The molecule has 5 rings (SSSR count). The Morgan fingerprint density at radius 1 is 1.11 bits per heavy atom. The lowest BCUT2D eigenvalue weighted by molar-refractivity contribution is 0.0964. The number of aromatic nitrogens is 4. The lowest BCUT2D eigenvalue weighted by atomic mass is 10.0. The Hall–Kier alpha value is -4.18. The van der Waals surface area contributed by atoms with Crippen LogP contribution in [0.1, 0.15) is 15.9 Å². The number of hydrogen-bond donors (Lipinski definition) is 2. The van der Waals surface area contributed by atoms with Crippen molar-refractivity contribution >= 4 is 28.3 Å². The Kier molecular flexibility index (Phi) is 6.94. The van der Waals surface area contributed by atoms with E-state index in [0.29, 0.717) is 37.5 Å². The maximum absolute atomic E-state index is 14.6. The zero-order valence-electron chi connectivity index (χ0n) is 19.9. The summed E-state index contributed by atoms with van der Waals surface area (Å²) in [7, 11) is 1.52. The third kappa shape index (κ3) is 4.94. The second-order valence-corrected chi connectivity index (χ2v) is 8.36. The molecule has 1 saturated heterocycles. The number of hydrogen-bond acceptors (Lipinski definition) is 8. The largest absolute Gasteiger partial charge is 0.378 e. The number of fused-ring (bicyclic) bond motifs is 1. The molecule has 1 fully saturated rings. The third-order valence-electron chi connectivity index (χ3n) is 6.16. The van der Waals surface area contributed by atoms with Gasteiger partial charge in [0.15, 0.2) is 0 Å². The number of anilines is 2. The topological polar surface area (TPSA) is 105 Å². The lowest BCUT2D eigenvalue weighted by Gasteiger charge is -2.28. The summed E-state index contributed by atoms with van der Waals surface area (Å²) in [5.74, 6) is -0.152. The summed E-state index contributed by atoms with van der Waals surface area (Å²) in [6.07, 6.45) is 7.25. The molecule has 0 atom stereocenters. The number of rotatable bonds is 7. The molecule has 3 aromatic heterocycles. The molecule has 2 N–H and O–H groups in total. The fourth-order valence-electron chi connectivity index (χ4n) is 4.31. The monoisotopic (exact) mass is 487 g/mol. The fraction of sp³-hybridized carbons (Fsp3) is 0.269. The molecule has 4 heterocycles. The van der Waals surface area contributed by atoms with Crippen molar-refractivity contribution < 1.29 is 13.9 Å². The summed E-state index contributed by atoms with van der Waals surface area (Å²) in [4.78, 5) is 32.0. The number of nitrogens with one attached hydrogen (secondary N) is 2. The minimum atomic E-state index is -0.471. The Balaban J connectivity index is 1.31. The van der Waals surface area contributed by atoms with Crippen LogP contribution >= 0.6 is 0 Å². The Morgan fingerprint density at radius 2 is 1.97 bits per heavy atom. The van der Waals surface area contributed by atoms with E-state index in [9.17, 15) is 9.18 Å². The highest BCUT2D eigenvalue weighted by Gasteiger charge is 2.16. The van der Waals surface area contributed by atoms with Gasteiger partial charge in [-0.05, 0) is 30.2 Å². The standard InChI is InChI=1S/C26H26FN7O2/c1-28-26(35)20-5-7-31-25-17(2-3-21(27)24(20)25)4-6-30-23-13-22(32-16-33-23)18-12-19(15-29-14-18)34-8-10-36-11-9-34/h2-3,5,7,12-16H,4,6,8-11H2,1H3,(H,28,35)(H,30,32,33). The number of carbonyl (C=O) groups is 1. The predicted molar refractivity (Wildman–Crippen MR) is 136 cm³/mol. The van der Waals surface area contributed by atoms with Crippen molar-refractivity contribution in [1.29, 1.82) is 0 Å². The quantitative estimate of drug-likeness (QED) is 0.410. The van der Waals surface area contributed by atoms with Gasteiger partial charge in [0.2, 0.25) is 0 Å². The molecule has 36 heavy (non-hydrogen) atoms. The van der Waals surface area contributed by atoms with Crippen molar-refractivity contribution in [3.63, 3.8) is 0 Å². The molecule has 10 heteroatoms. The molecule has 9 nitrogen and oxygen atoms in total. The predicted octanol–water partition coefficient (Wildman–Crippen LogP) is 3.08. The SMILES string of the molecule is CNC(=O)c1ccnc2c(CCNc3cc(-c4cncc(N5CCOCC5)c4)ncn3)ccc(F)c12. The van der Waals surface area contributed by atoms with E-state index in [0.717, 1.165) is 35.6 Å². The van der Waals surface area contributed by atoms with E-state index in [1.807, 2.05) is 12.3 Å². The molecule has 0 bridgehead atoms. The number of nitrogens with zero attached hydrogens (tertiary/aromatic N) is 5. The van der Waals surface area contributed by atoms with Gasteiger partial charge in [-0.3, -0.25) is 14.8 Å². The first-order chi connectivity index (χ1) is 17.6.